The second kappa shape index (κ2) is 6.65. The van der Waals surface area contributed by atoms with Crippen molar-refractivity contribution in [2.75, 3.05) is 5.32 Å². The van der Waals surface area contributed by atoms with Crippen molar-refractivity contribution < 1.29 is 14.7 Å². The van der Waals surface area contributed by atoms with Gasteiger partial charge in [0.15, 0.2) is 0 Å². The van der Waals surface area contributed by atoms with E-state index < -0.39 is 5.97 Å². The summed E-state index contributed by atoms with van der Waals surface area (Å²) < 4.78 is 0. The number of nitrogens with one attached hydrogen (secondary N) is 1. The lowest BCUT2D eigenvalue weighted by Crippen LogP contribution is -2.13. The molecule has 0 fully saturated rings. The van der Waals surface area contributed by atoms with Crippen LogP contribution < -0.4 is 5.32 Å². The zero-order valence-electron chi connectivity index (χ0n) is 11.7. The van der Waals surface area contributed by atoms with Crippen LogP contribution in [0.3, 0.4) is 0 Å². The minimum Gasteiger partial charge on any atom is -0.478 e. The number of aromatic nitrogens is 1. The number of amides is 1. The van der Waals surface area contributed by atoms with Crippen LogP contribution in [-0.2, 0) is 11.2 Å². The van der Waals surface area contributed by atoms with Crippen molar-refractivity contribution in [3.8, 4) is 0 Å². The SMILES string of the molecule is Cc1cc(NC(=O)CCc2ccccn2)ccc1C(=O)O. The number of aryl methyl sites for hydroxylation is 2. The number of hydrogen-bond donors (Lipinski definition) is 2. The van der Waals surface area contributed by atoms with Crippen LogP contribution >= 0.6 is 0 Å². The van der Waals surface area contributed by atoms with E-state index in [0.29, 0.717) is 24.1 Å². The summed E-state index contributed by atoms with van der Waals surface area (Å²) in [5.41, 5.74) is 2.32. The predicted octanol–water partition coefficient (Wildman–Crippen LogP) is 2.66. The van der Waals surface area contributed by atoms with Crippen LogP contribution in [-0.4, -0.2) is 22.0 Å². The summed E-state index contributed by atoms with van der Waals surface area (Å²) in [5.74, 6) is -1.09. The third kappa shape index (κ3) is 4.14. The molecule has 2 aromatic rings. The Labute approximate surface area is 122 Å². The number of benzene rings is 1. The van der Waals surface area contributed by atoms with Crippen molar-refractivity contribution in [2.45, 2.75) is 19.8 Å². The highest BCUT2D eigenvalue weighted by molar-refractivity contribution is 5.93. The van der Waals surface area contributed by atoms with Crippen LogP contribution in [0.4, 0.5) is 5.69 Å². The van der Waals surface area contributed by atoms with E-state index in [4.69, 9.17) is 5.11 Å². The minimum absolute atomic E-state index is 0.122. The molecule has 0 atom stereocenters. The normalized spacial score (nSPS) is 10.1. The minimum atomic E-state index is -0.972. The molecule has 0 aliphatic rings. The molecular formula is C16H16N2O3. The van der Waals surface area contributed by atoms with Crippen LogP contribution in [0.15, 0.2) is 42.6 Å². The Balaban J connectivity index is 1.94. The summed E-state index contributed by atoms with van der Waals surface area (Å²) >= 11 is 0. The Morgan fingerprint density at radius 3 is 2.67 bits per heavy atom. The summed E-state index contributed by atoms with van der Waals surface area (Å²) in [6, 6.07) is 10.3. The van der Waals surface area contributed by atoms with Gasteiger partial charge in [-0.2, -0.15) is 0 Å². The Morgan fingerprint density at radius 1 is 1.24 bits per heavy atom. The van der Waals surface area contributed by atoms with E-state index in [1.165, 1.54) is 6.07 Å². The number of carboxylic acid groups (broad SMARTS) is 1. The molecule has 1 aromatic carbocycles. The summed E-state index contributed by atoms with van der Waals surface area (Å²) in [5, 5.41) is 11.7. The molecule has 0 aliphatic heterocycles. The molecule has 0 spiro atoms. The van der Waals surface area contributed by atoms with Gasteiger partial charge < -0.3 is 10.4 Å². The first-order valence-electron chi connectivity index (χ1n) is 6.60. The number of nitrogens with zero attached hydrogens (tertiary/aromatic N) is 1. The highest BCUT2D eigenvalue weighted by Crippen LogP contribution is 2.15. The van der Waals surface area contributed by atoms with Gasteiger partial charge in [-0.3, -0.25) is 9.78 Å². The summed E-state index contributed by atoms with van der Waals surface area (Å²) in [6.45, 7) is 1.70. The van der Waals surface area contributed by atoms with E-state index in [-0.39, 0.29) is 11.5 Å². The lowest BCUT2D eigenvalue weighted by Gasteiger charge is -2.07. The first-order chi connectivity index (χ1) is 10.1. The maximum absolute atomic E-state index is 11.9. The monoisotopic (exact) mass is 284 g/mol. The highest BCUT2D eigenvalue weighted by atomic mass is 16.4. The Morgan fingerprint density at radius 2 is 2.05 bits per heavy atom. The Kier molecular flexibility index (Phi) is 4.66. The molecule has 0 saturated carbocycles. The summed E-state index contributed by atoms with van der Waals surface area (Å²) in [4.78, 5) is 26.9. The van der Waals surface area contributed by atoms with Gasteiger partial charge in [-0.1, -0.05) is 6.07 Å². The third-order valence-electron chi connectivity index (χ3n) is 3.07. The van der Waals surface area contributed by atoms with Gasteiger partial charge in [0.25, 0.3) is 0 Å². The summed E-state index contributed by atoms with van der Waals surface area (Å²) in [7, 11) is 0. The topological polar surface area (TPSA) is 79.3 Å². The van der Waals surface area contributed by atoms with Gasteiger partial charge in [0.1, 0.15) is 0 Å². The van der Waals surface area contributed by atoms with Crippen molar-refractivity contribution >= 4 is 17.6 Å². The van der Waals surface area contributed by atoms with E-state index >= 15 is 0 Å². The first-order valence-corrected chi connectivity index (χ1v) is 6.60. The second-order valence-electron chi connectivity index (χ2n) is 4.70. The van der Waals surface area contributed by atoms with Gasteiger partial charge in [-0.15, -0.1) is 0 Å². The fourth-order valence-electron chi connectivity index (χ4n) is 1.99. The van der Waals surface area contributed by atoms with Crippen molar-refractivity contribution in [1.82, 2.24) is 4.98 Å². The van der Waals surface area contributed by atoms with Gasteiger partial charge in [-0.25, -0.2) is 4.79 Å². The largest absolute Gasteiger partial charge is 0.478 e. The first kappa shape index (κ1) is 14.7. The number of carbonyl (C=O) groups is 2. The molecule has 1 amide bonds. The van der Waals surface area contributed by atoms with Gasteiger partial charge >= 0.3 is 5.97 Å². The molecule has 5 heteroatoms. The van der Waals surface area contributed by atoms with E-state index in [1.54, 1.807) is 25.3 Å². The lowest BCUT2D eigenvalue weighted by atomic mass is 10.1. The van der Waals surface area contributed by atoms with Crippen LogP contribution in [0.2, 0.25) is 0 Å². The van der Waals surface area contributed by atoms with E-state index in [1.807, 2.05) is 18.2 Å². The van der Waals surface area contributed by atoms with E-state index in [2.05, 4.69) is 10.3 Å². The molecule has 0 bridgehead atoms. The second-order valence-corrected chi connectivity index (χ2v) is 4.70. The van der Waals surface area contributed by atoms with Gasteiger partial charge in [0.05, 0.1) is 5.56 Å². The zero-order valence-corrected chi connectivity index (χ0v) is 11.7. The van der Waals surface area contributed by atoms with Crippen LogP contribution in [0.1, 0.15) is 28.0 Å². The molecule has 0 unspecified atom stereocenters. The van der Waals surface area contributed by atoms with E-state index in [9.17, 15) is 9.59 Å². The molecular weight excluding hydrogens is 268 g/mol. The molecule has 2 N–H and O–H groups in total. The molecule has 0 radical (unpaired) electrons. The molecule has 0 aliphatic carbocycles. The van der Waals surface area contributed by atoms with Crippen molar-refractivity contribution in [3.05, 3.63) is 59.4 Å². The standard InChI is InChI=1S/C16H16N2O3/c1-11-10-13(5-7-14(11)16(20)21)18-15(19)8-6-12-4-2-3-9-17-12/h2-5,7,9-10H,6,8H2,1H3,(H,18,19)(H,20,21). The van der Waals surface area contributed by atoms with Crippen molar-refractivity contribution in [1.29, 1.82) is 0 Å². The number of rotatable bonds is 5. The highest BCUT2D eigenvalue weighted by Gasteiger charge is 2.09. The predicted molar refractivity (Wildman–Crippen MR) is 79.3 cm³/mol. The van der Waals surface area contributed by atoms with Crippen molar-refractivity contribution in [3.63, 3.8) is 0 Å². The Bertz CT molecular complexity index is 654. The van der Waals surface area contributed by atoms with E-state index in [0.717, 1.165) is 5.69 Å². The molecule has 21 heavy (non-hydrogen) atoms. The quantitative estimate of drug-likeness (QED) is 0.884. The average Bonchev–Trinajstić information content (AvgIpc) is 2.46. The molecule has 2 rings (SSSR count). The number of carboxylic acids is 1. The number of aromatic carboxylic acids is 1. The van der Waals surface area contributed by atoms with Crippen LogP contribution in [0.25, 0.3) is 0 Å². The fourth-order valence-corrected chi connectivity index (χ4v) is 1.99. The molecule has 0 saturated heterocycles. The number of pyridine rings is 1. The molecule has 1 aromatic heterocycles. The molecule has 1 heterocycles. The lowest BCUT2D eigenvalue weighted by molar-refractivity contribution is -0.116. The molecule has 5 nitrogen and oxygen atoms in total. The van der Waals surface area contributed by atoms with Crippen LogP contribution in [0, 0.1) is 6.92 Å². The number of hydrogen-bond acceptors (Lipinski definition) is 3. The van der Waals surface area contributed by atoms with Crippen LogP contribution in [0.5, 0.6) is 0 Å². The number of anilines is 1. The van der Waals surface area contributed by atoms with Gasteiger partial charge in [-0.05, 0) is 49.2 Å². The fraction of sp³-hybridized carbons (Fsp3) is 0.188. The van der Waals surface area contributed by atoms with Gasteiger partial charge in [0, 0.05) is 24.0 Å². The number of carbonyl (C=O) groups excluding carboxylic acids is 1. The maximum atomic E-state index is 11.9. The Hall–Kier alpha value is -2.69. The zero-order chi connectivity index (χ0) is 15.2. The average molecular weight is 284 g/mol. The summed E-state index contributed by atoms with van der Waals surface area (Å²) in [6.07, 6.45) is 2.59. The molecule has 108 valence electrons. The van der Waals surface area contributed by atoms with Crippen molar-refractivity contribution in [2.24, 2.45) is 0 Å². The smallest absolute Gasteiger partial charge is 0.335 e. The third-order valence-corrected chi connectivity index (χ3v) is 3.07. The maximum Gasteiger partial charge on any atom is 0.335 e. The van der Waals surface area contributed by atoms with Gasteiger partial charge in [0.2, 0.25) is 5.91 Å².